The highest BCUT2D eigenvalue weighted by molar-refractivity contribution is 14.0. The molecule has 1 aromatic carbocycles. The molecule has 7 heteroatoms. The van der Waals surface area contributed by atoms with Crippen molar-refractivity contribution < 1.29 is 4.39 Å². The average molecular weight is 462 g/mol. The smallest absolute Gasteiger partial charge is 0.191 e. The lowest BCUT2D eigenvalue weighted by Crippen LogP contribution is -2.38. The van der Waals surface area contributed by atoms with E-state index in [1.54, 1.807) is 23.5 Å². The van der Waals surface area contributed by atoms with E-state index in [1.807, 2.05) is 19.9 Å². The van der Waals surface area contributed by atoms with E-state index in [0.717, 1.165) is 35.2 Å². The highest BCUT2D eigenvalue weighted by atomic mass is 127. The molecule has 0 aliphatic carbocycles. The van der Waals surface area contributed by atoms with Crippen molar-refractivity contribution in [1.82, 2.24) is 15.6 Å². The number of aromatic nitrogens is 1. The molecule has 0 aliphatic heterocycles. The predicted octanol–water partition coefficient (Wildman–Crippen LogP) is 3.81. The van der Waals surface area contributed by atoms with Gasteiger partial charge in [-0.15, -0.1) is 35.3 Å². The van der Waals surface area contributed by atoms with E-state index in [-0.39, 0.29) is 29.8 Å². The lowest BCUT2D eigenvalue weighted by atomic mass is 10.1. The highest BCUT2D eigenvalue weighted by Gasteiger charge is 2.04. The molecule has 2 N–H and O–H groups in total. The van der Waals surface area contributed by atoms with Crippen molar-refractivity contribution >= 4 is 41.3 Å². The third kappa shape index (κ3) is 6.72. The summed E-state index contributed by atoms with van der Waals surface area (Å²) in [5.74, 6) is 0.562. The molecule has 0 saturated carbocycles. The van der Waals surface area contributed by atoms with Gasteiger partial charge in [-0.3, -0.25) is 0 Å². The van der Waals surface area contributed by atoms with Gasteiger partial charge in [0.25, 0.3) is 0 Å². The summed E-state index contributed by atoms with van der Waals surface area (Å²) in [5, 5.41) is 7.50. The Labute approximate surface area is 164 Å². The third-order valence-electron chi connectivity index (χ3n) is 3.38. The lowest BCUT2D eigenvalue weighted by molar-refractivity contribution is 0.625. The summed E-state index contributed by atoms with van der Waals surface area (Å²) in [5.41, 5.74) is 2.05. The maximum absolute atomic E-state index is 13.2. The summed E-state index contributed by atoms with van der Waals surface area (Å²) < 4.78 is 13.2. The van der Waals surface area contributed by atoms with Crippen LogP contribution in [0.2, 0.25) is 0 Å². The van der Waals surface area contributed by atoms with Gasteiger partial charge in [-0.2, -0.15) is 0 Å². The number of halogens is 2. The number of aliphatic imine (C=N–C) groups is 1. The number of nitrogens with zero attached hydrogens (tertiary/aromatic N) is 2. The Morgan fingerprint density at radius 2 is 2.08 bits per heavy atom. The molecule has 1 heterocycles. The van der Waals surface area contributed by atoms with Crippen LogP contribution in [0.4, 0.5) is 4.39 Å². The van der Waals surface area contributed by atoms with Gasteiger partial charge in [0.1, 0.15) is 10.8 Å². The van der Waals surface area contributed by atoms with Gasteiger partial charge in [-0.1, -0.05) is 12.1 Å². The first-order valence-electron chi connectivity index (χ1n) is 7.78. The minimum atomic E-state index is -0.197. The van der Waals surface area contributed by atoms with Crippen molar-refractivity contribution in [2.24, 2.45) is 4.99 Å². The number of guanidine groups is 1. The van der Waals surface area contributed by atoms with Crippen LogP contribution in [0.25, 0.3) is 0 Å². The van der Waals surface area contributed by atoms with Crippen LogP contribution in [-0.4, -0.2) is 24.0 Å². The molecule has 0 spiro atoms. The molecule has 24 heavy (non-hydrogen) atoms. The second-order valence-corrected chi connectivity index (χ2v) is 6.54. The van der Waals surface area contributed by atoms with Crippen molar-refractivity contribution in [2.75, 3.05) is 13.1 Å². The van der Waals surface area contributed by atoms with Crippen molar-refractivity contribution in [3.05, 3.63) is 51.2 Å². The molecule has 0 unspecified atom stereocenters. The molecule has 0 saturated heterocycles. The van der Waals surface area contributed by atoms with Gasteiger partial charge in [0.05, 0.1) is 12.2 Å². The van der Waals surface area contributed by atoms with Gasteiger partial charge in [0, 0.05) is 18.0 Å². The van der Waals surface area contributed by atoms with Crippen LogP contribution in [0.1, 0.15) is 28.1 Å². The second kappa shape index (κ2) is 10.6. The Morgan fingerprint density at radius 3 is 2.71 bits per heavy atom. The molecule has 1 aromatic heterocycles. The number of aryl methyl sites for hydroxylation is 2. The van der Waals surface area contributed by atoms with E-state index in [0.29, 0.717) is 13.1 Å². The quantitative estimate of drug-likeness (QED) is 0.390. The Bertz CT molecular complexity index is 653. The van der Waals surface area contributed by atoms with Crippen LogP contribution in [0, 0.1) is 19.7 Å². The number of rotatable bonds is 6. The molecule has 4 nitrogen and oxygen atoms in total. The monoisotopic (exact) mass is 462 g/mol. The van der Waals surface area contributed by atoms with Crippen molar-refractivity contribution in [1.29, 1.82) is 0 Å². The van der Waals surface area contributed by atoms with Gasteiger partial charge in [-0.25, -0.2) is 14.4 Å². The molecular formula is C17H24FIN4S. The molecule has 0 radical (unpaired) electrons. The summed E-state index contributed by atoms with van der Waals surface area (Å²) in [6.45, 7) is 8.17. The zero-order valence-corrected chi connectivity index (χ0v) is 17.4. The molecule has 0 bridgehead atoms. The Morgan fingerprint density at radius 1 is 1.29 bits per heavy atom. The minimum absolute atomic E-state index is 0. The van der Waals surface area contributed by atoms with E-state index in [9.17, 15) is 4.39 Å². The molecule has 132 valence electrons. The summed E-state index contributed by atoms with van der Waals surface area (Å²) in [6.07, 6.45) is 0.748. The molecular weight excluding hydrogens is 438 g/mol. The first-order chi connectivity index (χ1) is 11.1. The Kier molecular flexibility index (Phi) is 9.20. The maximum Gasteiger partial charge on any atom is 0.191 e. The first kappa shape index (κ1) is 20.8. The fraction of sp³-hybridized carbons (Fsp3) is 0.412. The van der Waals surface area contributed by atoms with E-state index in [1.165, 1.54) is 10.9 Å². The third-order valence-corrected chi connectivity index (χ3v) is 4.44. The van der Waals surface area contributed by atoms with Crippen LogP contribution in [0.5, 0.6) is 0 Å². The maximum atomic E-state index is 13.2. The van der Waals surface area contributed by atoms with Gasteiger partial charge >= 0.3 is 0 Å². The number of nitrogens with one attached hydrogen (secondary N) is 2. The van der Waals surface area contributed by atoms with E-state index in [2.05, 4.69) is 27.5 Å². The summed E-state index contributed by atoms with van der Waals surface area (Å²) in [6, 6.07) is 6.68. The predicted molar refractivity (Wildman–Crippen MR) is 110 cm³/mol. The van der Waals surface area contributed by atoms with Gasteiger partial charge in [0.2, 0.25) is 0 Å². The lowest BCUT2D eigenvalue weighted by Gasteiger charge is -2.11. The van der Waals surface area contributed by atoms with Crippen molar-refractivity contribution in [3.63, 3.8) is 0 Å². The first-order valence-corrected chi connectivity index (χ1v) is 8.59. The summed E-state index contributed by atoms with van der Waals surface area (Å²) in [4.78, 5) is 10.3. The largest absolute Gasteiger partial charge is 0.357 e. The molecule has 2 aromatic rings. The Balaban J connectivity index is 0.00000288. The van der Waals surface area contributed by atoms with Crippen LogP contribution in [0.15, 0.2) is 29.3 Å². The number of hydrogen-bond acceptors (Lipinski definition) is 3. The van der Waals surface area contributed by atoms with Gasteiger partial charge in [-0.05, 0) is 44.9 Å². The van der Waals surface area contributed by atoms with E-state index >= 15 is 0 Å². The Hall–Kier alpha value is -1.22. The average Bonchev–Trinajstić information content (AvgIpc) is 2.83. The molecule has 0 aliphatic rings. The molecule has 0 atom stereocenters. The minimum Gasteiger partial charge on any atom is -0.357 e. The van der Waals surface area contributed by atoms with E-state index in [4.69, 9.17) is 0 Å². The molecule has 0 amide bonds. The van der Waals surface area contributed by atoms with Crippen molar-refractivity contribution in [2.45, 2.75) is 33.7 Å². The number of thiazole rings is 1. The second-order valence-electron chi connectivity index (χ2n) is 5.25. The summed E-state index contributed by atoms with van der Waals surface area (Å²) >= 11 is 1.68. The fourth-order valence-corrected chi connectivity index (χ4v) is 2.97. The van der Waals surface area contributed by atoms with Gasteiger partial charge < -0.3 is 10.6 Å². The van der Waals surface area contributed by atoms with Crippen LogP contribution in [-0.2, 0) is 13.0 Å². The zero-order chi connectivity index (χ0) is 16.7. The normalized spacial score (nSPS) is 11.1. The topological polar surface area (TPSA) is 49.3 Å². The molecule has 2 rings (SSSR count). The number of benzene rings is 1. The standard InChI is InChI=1S/C17H23FN4S.HI/c1-4-19-17(21-11-16-22-12(2)13(3)23-16)20-9-8-14-6-5-7-15(18)10-14;/h5-7,10H,4,8-9,11H2,1-3H3,(H2,19,20,21);1H. The number of hydrogen-bond donors (Lipinski definition) is 2. The van der Waals surface area contributed by atoms with E-state index < -0.39 is 0 Å². The van der Waals surface area contributed by atoms with Gasteiger partial charge in [0.15, 0.2) is 5.96 Å². The highest BCUT2D eigenvalue weighted by Crippen LogP contribution is 2.16. The van der Waals surface area contributed by atoms with Crippen LogP contribution < -0.4 is 10.6 Å². The SMILES string of the molecule is CCNC(=NCc1nc(C)c(C)s1)NCCc1cccc(F)c1.I. The summed E-state index contributed by atoms with van der Waals surface area (Å²) in [7, 11) is 0. The van der Waals surface area contributed by atoms with Crippen LogP contribution >= 0.6 is 35.3 Å². The molecule has 0 fully saturated rings. The van der Waals surface area contributed by atoms with Crippen LogP contribution in [0.3, 0.4) is 0 Å². The fourth-order valence-electron chi connectivity index (χ4n) is 2.11. The zero-order valence-electron chi connectivity index (χ0n) is 14.2. The van der Waals surface area contributed by atoms with Crippen molar-refractivity contribution in [3.8, 4) is 0 Å².